The normalized spacial score (nSPS) is 16.5. The highest BCUT2D eigenvalue weighted by Gasteiger charge is 2.32. The number of carbonyl (C=O) groups is 2. The molecule has 2 heterocycles. The number of nitrogens with zero attached hydrogens (tertiary/aromatic N) is 2. The van der Waals surface area contributed by atoms with Gasteiger partial charge in [0, 0.05) is 24.1 Å². The Kier molecular flexibility index (Phi) is 4.13. The maximum absolute atomic E-state index is 12.1. The number of carbonyl (C=O) groups excluding carboxylic acids is 2. The highest BCUT2D eigenvalue weighted by molar-refractivity contribution is 8.18. The summed E-state index contributed by atoms with van der Waals surface area (Å²) in [7, 11) is 1.51. The zero-order valence-electron chi connectivity index (χ0n) is 14.5. The first-order valence-corrected chi connectivity index (χ1v) is 8.59. The summed E-state index contributed by atoms with van der Waals surface area (Å²) in [6, 6.07) is 8.44. The topological polar surface area (TPSA) is 42.3 Å². The Morgan fingerprint density at radius 2 is 1.75 bits per heavy atom. The first kappa shape index (κ1) is 16.6. The van der Waals surface area contributed by atoms with Crippen molar-refractivity contribution < 1.29 is 9.59 Å². The molecule has 0 saturated carbocycles. The lowest BCUT2D eigenvalue weighted by Gasteiger charge is -2.13. The smallest absolute Gasteiger partial charge is 0.293 e. The van der Waals surface area contributed by atoms with Crippen molar-refractivity contribution in [3.05, 3.63) is 57.2 Å². The summed E-state index contributed by atoms with van der Waals surface area (Å²) in [5.41, 5.74) is 6.67. The number of likely N-dealkylation sites (N-methyl/N-ethyl adjacent to an activating group) is 1. The van der Waals surface area contributed by atoms with Crippen molar-refractivity contribution in [1.29, 1.82) is 0 Å². The molecule has 3 rings (SSSR count). The van der Waals surface area contributed by atoms with Gasteiger partial charge in [-0.05, 0) is 74.4 Å². The fourth-order valence-corrected chi connectivity index (χ4v) is 3.77. The second-order valence-corrected chi connectivity index (χ2v) is 7.19. The average Bonchev–Trinajstić information content (AvgIpc) is 2.93. The Morgan fingerprint density at radius 1 is 1.04 bits per heavy atom. The third-order valence-electron chi connectivity index (χ3n) is 4.35. The van der Waals surface area contributed by atoms with Crippen LogP contribution < -0.4 is 0 Å². The second-order valence-electron chi connectivity index (χ2n) is 6.19. The van der Waals surface area contributed by atoms with Crippen LogP contribution >= 0.6 is 11.8 Å². The van der Waals surface area contributed by atoms with Gasteiger partial charge >= 0.3 is 0 Å². The number of aryl methyl sites for hydroxylation is 3. The van der Waals surface area contributed by atoms with E-state index in [0.717, 1.165) is 39.3 Å². The molecule has 0 radical (unpaired) electrons. The number of imide groups is 1. The molecule has 0 bridgehead atoms. The van der Waals surface area contributed by atoms with Crippen LogP contribution in [0.25, 0.3) is 11.8 Å². The van der Waals surface area contributed by atoms with E-state index in [1.165, 1.54) is 18.2 Å². The van der Waals surface area contributed by atoms with Gasteiger partial charge in [0.05, 0.1) is 4.91 Å². The minimum atomic E-state index is -0.235. The molecule has 1 aromatic heterocycles. The van der Waals surface area contributed by atoms with Gasteiger partial charge in [-0.15, -0.1) is 0 Å². The maximum atomic E-state index is 12.1. The zero-order chi connectivity index (χ0) is 17.6. The van der Waals surface area contributed by atoms with E-state index in [0.29, 0.717) is 4.91 Å². The van der Waals surface area contributed by atoms with Crippen molar-refractivity contribution in [2.24, 2.45) is 0 Å². The number of aromatic nitrogens is 1. The van der Waals surface area contributed by atoms with Gasteiger partial charge in [-0.2, -0.15) is 0 Å². The fraction of sp³-hybridized carbons (Fsp3) is 0.263. The number of hydrogen-bond donors (Lipinski definition) is 0. The van der Waals surface area contributed by atoms with Crippen molar-refractivity contribution in [2.75, 3.05) is 7.05 Å². The van der Waals surface area contributed by atoms with Gasteiger partial charge in [0.2, 0.25) is 0 Å². The van der Waals surface area contributed by atoms with Crippen molar-refractivity contribution in [1.82, 2.24) is 9.47 Å². The standard InChI is InChI=1S/C19H20N2O2S/c1-11-6-7-12(2)16(8-11)21-13(3)9-15(14(21)4)10-17-18(22)20(5)19(23)24-17/h6-10H,1-5H3/b17-10-. The van der Waals surface area contributed by atoms with Gasteiger partial charge in [0.1, 0.15) is 0 Å². The highest BCUT2D eigenvalue weighted by Crippen LogP contribution is 2.33. The monoisotopic (exact) mass is 340 g/mol. The molecule has 1 fully saturated rings. The highest BCUT2D eigenvalue weighted by atomic mass is 32.2. The quantitative estimate of drug-likeness (QED) is 0.762. The minimum Gasteiger partial charge on any atom is -0.318 e. The van der Waals surface area contributed by atoms with Crippen LogP contribution in [0.2, 0.25) is 0 Å². The zero-order valence-corrected chi connectivity index (χ0v) is 15.3. The molecule has 124 valence electrons. The molecule has 0 unspecified atom stereocenters. The minimum absolute atomic E-state index is 0.227. The van der Waals surface area contributed by atoms with E-state index in [9.17, 15) is 9.59 Å². The van der Waals surface area contributed by atoms with E-state index < -0.39 is 0 Å². The number of thioether (sulfide) groups is 1. The van der Waals surface area contributed by atoms with E-state index in [1.54, 1.807) is 0 Å². The number of hydrogen-bond acceptors (Lipinski definition) is 3. The molecule has 0 aliphatic carbocycles. The van der Waals surface area contributed by atoms with Gasteiger partial charge in [-0.25, -0.2) is 0 Å². The molecular weight excluding hydrogens is 320 g/mol. The van der Waals surface area contributed by atoms with Crippen molar-refractivity contribution in [3.63, 3.8) is 0 Å². The molecule has 1 aliphatic rings. The Balaban J connectivity index is 2.10. The Hall–Kier alpha value is -2.27. The van der Waals surface area contributed by atoms with Gasteiger partial charge in [-0.3, -0.25) is 14.5 Å². The molecule has 2 aromatic rings. The van der Waals surface area contributed by atoms with Gasteiger partial charge < -0.3 is 4.57 Å². The van der Waals surface area contributed by atoms with Gasteiger partial charge in [0.15, 0.2) is 0 Å². The summed E-state index contributed by atoms with van der Waals surface area (Å²) in [5, 5.41) is -0.227. The molecular formula is C19H20N2O2S. The first-order chi connectivity index (χ1) is 11.3. The first-order valence-electron chi connectivity index (χ1n) is 7.77. The number of rotatable bonds is 2. The van der Waals surface area contributed by atoms with Crippen LogP contribution in [0.15, 0.2) is 29.2 Å². The third-order valence-corrected chi connectivity index (χ3v) is 5.31. The summed E-state index contributed by atoms with van der Waals surface area (Å²) >= 11 is 0.991. The lowest BCUT2D eigenvalue weighted by Crippen LogP contribution is -2.22. The number of amides is 2. The molecule has 4 nitrogen and oxygen atoms in total. The predicted molar refractivity (Wildman–Crippen MR) is 98.5 cm³/mol. The van der Waals surface area contributed by atoms with Crippen LogP contribution in [-0.4, -0.2) is 27.7 Å². The molecule has 1 aromatic carbocycles. The van der Waals surface area contributed by atoms with Crippen LogP contribution in [-0.2, 0) is 4.79 Å². The van der Waals surface area contributed by atoms with Gasteiger partial charge in [0.25, 0.3) is 11.1 Å². The lowest BCUT2D eigenvalue weighted by molar-refractivity contribution is -0.121. The number of benzene rings is 1. The van der Waals surface area contributed by atoms with Crippen LogP contribution in [0.5, 0.6) is 0 Å². The van der Waals surface area contributed by atoms with Crippen LogP contribution in [0.4, 0.5) is 4.79 Å². The summed E-state index contributed by atoms with van der Waals surface area (Å²) in [6.07, 6.45) is 1.82. The summed E-state index contributed by atoms with van der Waals surface area (Å²) in [5.74, 6) is -0.235. The molecule has 1 saturated heterocycles. The van der Waals surface area contributed by atoms with Crippen LogP contribution in [0.3, 0.4) is 0 Å². The third kappa shape index (κ3) is 2.69. The second kappa shape index (κ2) is 5.98. The SMILES string of the molecule is Cc1ccc(C)c(-n2c(C)cc(/C=C3\SC(=O)N(C)C3=O)c2C)c1. The van der Waals surface area contributed by atoms with Crippen molar-refractivity contribution in [2.45, 2.75) is 27.7 Å². The molecule has 0 atom stereocenters. The average molecular weight is 340 g/mol. The maximum Gasteiger partial charge on any atom is 0.293 e. The van der Waals surface area contributed by atoms with E-state index >= 15 is 0 Å². The van der Waals surface area contributed by atoms with E-state index in [4.69, 9.17) is 0 Å². The molecule has 0 spiro atoms. The van der Waals surface area contributed by atoms with E-state index in [1.807, 2.05) is 13.0 Å². The summed E-state index contributed by atoms with van der Waals surface area (Å²) in [6.45, 7) is 8.26. The molecule has 24 heavy (non-hydrogen) atoms. The lowest BCUT2D eigenvalue weighted by atomic mass is 10.1. The Bertz CT molecular complexity index is 893. The van der Waals surface area contributed by atoms with Crippen LogP contribution in [0, 0.1) is 27.7 Å². The summed E-state index contributed by atoms with van der Waals surface area (Å²) < 4.78 is 2.20. The molecule has 0 N–H and O–H groups in total. The van der Waals surface area contributed by atoms with Gasteiger partial charge in [-0.1, -0.05) is 12.1 Å². The van der Waals surface area contributed by atoms with Crippen LogP contribution in [0.1, 0.15) is 28.1 Å². The largest absolute Gasteiger partial charge is 0.318 e. The van der Waals surface area contributed by atoms with E-state index in [-0.39, 0.29) is 11.1 Å². The fourth-order valence-electron chi connectivity index (χ4n) is 2.95. The molecule has 1 aliphatic heterocycles. The molecule has 5 heteroatoms. The van der Waals surface area contributed by atoms with Crippen molar-refractivity contribution >= 4 is 29.0 Å². The summed E-state index contributed by atoms with van der Waals surface area (Å²) in [4.78, 5) is 25.4. The molecule has 2 amide bonds. The van der Waals surface area contributed by atoms with Crippen molar-refractivity contribution in [3.8, 4) is 5.69 Å². The Morgan fingerprint density at radius 3 is 2.38 bits per heavy atom. The Labute approximate surface area is 146 Å². The predicted octanol–water partition coefficient (Wildman–Crippen LogP) is 4.38. The van der Waals surface area contributed by atoms with E-state index in [2.05, 4.69) is 49.6 Å².